The predicted molar refractivity (Wildman–Crippen MR) is 87.4 cm³/mol. The van der Waals surface area contributed by atoms with Crippen LogP contribution in [0.4, 0.5) is 0 Å². The lowest BCUT2D eigenvalue weighted by Gasteiger charge is -2.15. The summed E-state index contributed by atoms with van der Waals surface area (Å²) in [6, 6.07) is 1.09. The average molecular weight is 340 g/mol. The van der Waals surface area contributed by atoms with Crippen LogP contribution in [-0.4, -0.2) is 41.5 Å². The molecule has 1 aromatic heterocycles. The number of carboxylic acids is 1. The van der Waals surface area contributed by atoms with Crippen molar-refractivity contribution in [1.29, 1.82) is 0 Å². The van der Waals surface area contributed by atoms with Crippen LogP contribution >= 0.6 is 0 Å². The molecule has 2 N–H and O–H groups in total. The van der Waals surface area contributed by atoms with Gasteiger partial charge in [0.1, 0.15) is 18.8 Å². The minimum absolute atomic E-state index is 0.0693. The lowest BCUT2D eigenvalue weighted by atomic mass is 10.3. The van der Waals surface area contributed by atoms with E-state index in [0.29, 0.717) is 13.2 Å². The standard InChI is InChI=1S/C16H24N2O6/c1-3-5-7-23-14-11-18(24-8-6-4-2)12(9-13(14)19)16(22)17-10-15(20)21/h9,11H,3-8,10H2,1-2H3,(H,17,22)(H,20,21). The maximum atomic E-state index is 12.1. The van der Waals surface area contributed by atoms with Crippen molar-refractivity contribution in [2.24, 2.45) is 0 Å². The summed E-state index contributed by atoms with van der Waals surface area (Å²) in [5.74, 6) is -1.79. The molecule has 0 saturated carbocycles. The first kappa shape index (κ1) is 19.5. The largest absolute Gasteiger partial charge is 0.488 e. The Hall–Kier alpha value is -2.51. The van der Waals surface area contributed by atoms with E-state index in [4.69, 9.17) is 14.7 Å². The summed E-state index contributed by atoms with van der Waals surface area (Å²) < 4.78 is 6.58. The fourth-order valence-electron chi connectivity index (χ4n) is 1.76. The SMILES string of the molecule is CCCCOc1cn(OCCCC)c(C(=O)NCC(=O)O)cc1=O. The van der Waals surface area contributed by atoms with Gasteiger partial charge in [-0.1, -0.05) is 26.7 Å². The molecule has 0 aromatic carbocycles. The molecule has 0 radical (unpaired) electrons. The third kappa shape index (κ3) is 6.31. The van der Waals surface area contributed by atoms with Crippen LogP contribution in [0.5, 0.6) is 5.75 Å². The first-order valence-corrected chi connectivity index (χ1v) is 8.02. The zero-order chi connectivity index (χ0) is 17.9. The number of hydrogen-bond donors (Lipinski definition) is 2. The molecule has 0 saturated heterocycles. The molecular weight excluding hydrogens is 316 g/mol. The Morgan fingerprint density at radius 1 is 1.21 bits per heavy atom. The Morgan fingerprint density at radius 3 is 2.50 bits per heavy atom. The number of ether oxygens (including phenoxy) is 1. The van der Waals surface area contributed by atoms with Crippen LogP contribution in [-0.2, 0) is 4.79 Å². The second kappa shape index (κ2) is 10.3. The quantitative estimate of drug-likeness (QED) is 0.584. The Bertz CT molecular complexity index is 611. The topological polar surface area (TPSA) is 107 Å². The van der Waals surface area contributed by atoms with Crippen LogP contribution in [0.15, 0.2) is 17.1 Å². The van der Waals surface area contributed by atoms with Gasteiger partial charge in [0.15, 0.2) is 5.75 Å². The highest BCUT2D eigenvalue weighted by atomic mass is 16.7. The summed E-state index contributed by atoms with van der Waals surface area (Å²) in [7, 11) is 0. The van der Waals surface area contributed by atoms with Crippen molar-refractivity contribution in [3.8, 4) is 5.75 Å². The summed E-state index contributed by atoms with van der Waals surface area (Å²) in [5.41, 5.74) is -0.526. The molecule has 1 heterocycles. The molecule has 24 heavy (non-hydrogen) atoms. The molecule has 0 spiro atoms. The van der Waals surface area contributed by atoms with Crippen LogP contribution in [0.1, 0.15) is 50.0 Å². The average Bonchev–Trinajstić information content (AvgIpc) is 2.55. The molecule has 0 bridgehead atoms. The van der Waals surface area contributed by atoms with E-state index in [1.807, 2.05) is 13.8 Å². The Morgan fingerprint density at radius 2 is 1.88 bits per heavy atom. The molecular formula is C16H24N2O6. The van der Waals surface area contributed by atoms with E-state index in [2.05, 4.69) is 5.32 Å². The van der Waals surface area contributed by atoms with Crippen molar-refractivity contribution in [3.63, 3.8) is 0 Å². The van der Waals surface area contributed by atoms with Crippen LogP contribution in [0.25, 0.3) is 0 Å². The van der Waals surface area contributed by atoms with Crippen molar-refractivity contribution in [1.82, 2.24) is 10.0 Å². The van der Waals surface area contributed by atoms with Gasteiger partial charge in [0.2, 0.25) is 5.43 Å². The molecule has 0 unspecified atom stereocenters. The molecule has 1 rings (SSSR count). The number of pyridine rings is 1. The minimum atomic E-state index is -1.18. The maximum Gasteiger partial charge on any atom is 0.322 e. The molecule has 1 amide bonds. The molecule has 8 nitrogen and oxygen atoms in total. The molecule has 0 aliphatic heterocycles. The number of aromatic nitrogens is 1. The van der Waals surface area contributed by atoms with Crippen molar-refractivity contribution < 1.29 is 24.3 Å². The highest BCUT2D eigenvalue weighted by molar-refractivity contribution is 5.94. The first-order chi connectivity index (χ1) is 11.5. The number of nitrogens with one attached hydrogen (secondary N) is 1. The lowest BCUT2D eigenvalue weighted by Crippen LogP contribution is -2.34. The third-order valence-corrected chi connectivity index (χ3v) is 3.10. The van der Waals surface area contributed by atoms with Crippen LogP contribution in [0, 0.1) is 0 Å². The van der Waals surface area contributed by atoms with E-state index in [1.165, 1.54) is 6.20 Å². The third-order valence-electron chi connectivity index (χ3n) is 3.10. The normalized spacial score (nSPS) is 10.2. The number of amides is 1. The van der Waals surface area contributed by atoms with Gasteiger partial charge in [-0.25, -0.2) is 0 Å². The number of carbonyl (C=O) groups is 2. The molecule has 134 valence electrons. The summed E-state index contributed by atoms with van der Waals surface area (Å²) in [4.78, 5) is 40.2. The number of rotatable bonds is 11. The van der Waals surface area contributed by atoms with Crippen molar-refractivity contribution in [2.75, 3.05) is 19.8 Å². The molecule has 0 atom stereocenters. The Kier molecular flexibility index (Phi) is 8.38. The number of carboxylic acid groups (broad SMARTS) is 1. The van der Waals surface area contributed by atoms with Crippen molar-refractivity contribution in [3.05, 3.63) is 28.2 Å². The number of unbranched alkanes of at least 4 members (excludes halogenated alkanes) is 2. The van der Waals surface area contributed by atoms with E-state index in [0.717, 1.165) is 36.5 Å². The molecule has 0 aliphatic carbocycles. The molecule has 1 aromatic rings. The fourth-order valence-corrected chi connectivity index (χ4v) is 1.76. The van der Waals surface area contributed by atoms with Gasteiger partial charge in [-0.15, -0.1) is 0 Å². The van der Waals surface area contributed by atoms with Crippen molar-refractivity contribution in [2.45, 2.75) is 39.5 Å². The monoisotopic (exact) mass is 340 g/mol. The van der Waals surface area contributed by atoms with Crippen LogP contribution in [0.2, 0.25) is 0 Å². The predicted octanol–water partition coefficient (Wildman–Crippen LogP) is 1.07. The summed E-state index contributed by atoms with van der Waals surface area (Å²) in [6.07, 6.45) is 4.73. The fraction of sp³-hybridized carbons (Fsp3) is 0.562. The van der Waals surface area contributed by atoms with E-state index < -0.39 is 23.9 Å². The smallest absolute Gasteiger partial charge is 0.322 e. The van der Waals surface area contributed by atoms with Crippen molar-refractivity contribution >= 4 is 11.9 Å². The number of nitrogens with zero attached hydrogens (tertiary/aromatic N) is 1. The Balaban J connectivity index is 3.01. The van der Waals surface area contributed by atoms with Gasteiger partial charge in [0.25, 0.3) is 5.91 Å². The summed E-state index contributed by atoms with van der Waals surface area (Å²) >= 11 is 0. The highest BCUT2D eigenvalue weighted by Gasteiger charge is 2.16. The van der Waals surface area contributed by atoms with Gasteiger partial charge in [-0.05, 0) is 12.8 Å². The van der Waals surface area contributed by atoms with Gasteiger partial charge in [0, 0.05) is 6.07 Å². The number of hydrogen-bond acceptors (Lipinski definition) is 5. The van der Waals surface area contributed by atoms with Gasteiger partial charge in [-0.2, -0.15) is 4.73 Å². The molecule has 0 fully saturated rings. The van der Waals surface area contributed by atoms with E-state index in [1.54, 1.807) is 0 Å². The zero-order valence-corrected chi connectivity index (χ0v) is 14.0. The van der Waals surface area contributed by atoms with Gasteiger partial charge >= 0.3 is 5.97 Å². The van der Waals surface area contributed by atoms with Gasteiger partial charge in [-0.3, -0.25) is 14.4 Å². The van der Waals surface area contributed by atoms with Gasteiger partial charge in [0.05, 0.1) is 12.8 Å². The zero-order valence-electron chi connectivity index (χ0n) is 14.0. The second-order valence-electron chi connectivity index (χ2n) is 5.18. The summed E-state index contributed by atoms with van der Waals surface area (Å²) in [6.45, 7) is 4.20. The minimum Gasteiger partial charge on any atom is -0.488 e. The molecule has 0 aliphatic rings. The number of carbonyl (C=O) groups excluding carboxylic acids is 1. The van der Waals surface area contributed by atoms with E-state index in [9.17, 15) is 14.4 Å². The van der Waals surface area contributed by atoms with E-state index >= 15 is 0 Å². The lowest BCUT2D eigenvalue weighted by molar-refractivity contribution is -0.135. The van der Waals surface area contributed by atoms with Crippen LogP contribution < -0.4 is 20.3 Å². The second-order valence-corrected chi connectivity index (χ2v) is 5.18. The van der Waals surface area contributed by atoms with Crippen LogP contribution in [0.3, 0.4) is 0 Å². The number of aliphatic carboxylic acids is 1. The highest BCUT2D eigenvalue weighted by Crippen LogP contribution is 2.07. The maximum absolute atomic E-state index is 12.1. The van der Waals surface area contributed by atoms with Gasteiger partial charge < -0.3 is 20.0 Å². The van der Waals surface area contributed by atoms with E-state index in [-0.39, 0.29) is 11.4 Å². The Labute approximate surface area is 140 Å². The first-order valence-electron chi connectivity index (χ1n) is 8.02. The molecule has 8 heteroatoms. The summed E-state index contributed by atoms with van der Waals surface area (Å²) in [5, 5.41) is 10.8.